The second kappa shape index (κ2) is 16.8. The maximum Gasteiger partial charge on any atom is 0.334 e. The van der Waals surface area contributed by atoms with Crippen molar-refractivity contribution in [3.05, 3.63) is 93.6 Å². The first kappa shape index (κ1) is 41.6. The van der Waals surface area contributed by atoms with Gasteiger partial charge in [0.25, 0.3) is 0 Å². The average molecular weight is 789 g/mol. The lowest BCUT2D eigenvalue weighted by atomic mass is 9.64. The molecule has 2 atom stereocenters. The topological polar surface area (TPSA) is 169 Å². The van der Waals surface area contributed by atoms with Gasteiger partial charge in [0.1, 0.15) is 5.92 Å². The molecular weight excluding hydrogens is 737 g/mol. The Bertz CT molecular complexity index is 2480. The van der Waals surface area contributed by atoms with Crippen molar-refractivity contribution < 1.29 is 33.4 Å². The molecule has 1 amide bonds. The number of aromatic nitrogens is 4. The molecule has 0 unspecified atom stereocenters. The van der Waals surface area contributed by atoms with E-state index in [0.29, 0.717) is 42.0 Å². The van der Waals surface area contributed by atoms with E-state index in [0.717, 1.165) is 67.8 Å². The van der Waals surface area contributed by atoms with Crippen molar-refractivity contribution in [2.24, 2.45) is 5.92 Å². The van der Waals surface area contributed by atoms with Crippen molar-refractivity contribution in [2.75, 3.05) is 48.5 Å². The van der Waals surface area contributed by atoms with Gasteiger partial charge in [0.2, 0.25) is 5.91 Å². The Morgan fingerprint density at radius 1 is 0.845 bits per heavy atom. The van der Waals surface area contributed by atoms with Crippen molar-refractivity contribution in [3.8, 4) is 0 Å². The molecule has 58 heavy (non-hydrogen) atoms. The summed E-state index contributed by atoms with van der Waals surface area (Å²) in [6.07, 6.45) is 6.45. The second-order valence-electron chi connectivity index (χ2n) is 15.3. The minimum absolute atomic E-state index is 0.0498. The zero-order valence-corrected chi connectivity index (χ0v) is 34.8. The minimum Gasteiger partial charge on any atom is -0.469 e. The Hall–Kier alpha value is -6.08. The fourth-order valence-corrected chi connectivity index (χ4v) is 8.20. The highest BCUT2D eigenvalue weighted by Crippen LogP contribution is 2.52. The molecule has 3 aromatic heterocycles. The van der Waals surface area contributed by atoms with E-state index in [1.165, 1.54) is 21.3 Å². The molecule has 8 bridgehead atoms. The average Bonchev–Trinajstić information content (AvgIpc) is 3.85. The molecule has 304 valence electrons. The number of carbonyl (C=O) groups excluding carboxylic acids is 4. The number of hydrogen-bond acceptors (Lipinski definition) is 10. The summed E-state index contributed by atoms with van der Waals surface area (Å²) in [5.41, 5.74) is 10.7. The summed E-state index contributed by atoms with van der Waals surface area (Å²) in [7, 11) is 7.86. The van der Waals surface area contributed by atoms with E-state index in [9.17, 15) is 19.2 Å². The molecule has 0 radical (unpaired) electrons. The van der Waals surface area contributed by atoms with Gasteiger partial charge in [-0.25, -0.2) is 9.78 Å². The Kier molecular flexibility index (Phi) is 12.0. The van der Waals surface area contributed by atoms with E-state index in [1.54, 1.807) is 12.2 Å². The van der Waals surface area contributed by atoms with Gasteiger partial charge in [-0.15, -0.1) is 0 Å². The molecule has 0 aromatic carbocycles. The lowest BCUT2D eigenvalue weighted by Crippen LogP contribution is -2.42. The van der Waals surface area contributed by atoms with E-state index >= 15 is 0 Å². The van der Waals surface area contributed by atoms with Crippen LogP contribution in [0.15, 0.2) is 48.6 Å². The number of carbonyl (C=O) groups is 4. The summed E-state index contributed by atoms with van der Waals surface area (Å²) in [4.78, 5) is 72.1. The second-order valence-corrected chi connectivity index (χ2v) is 15.3. The number of fused-ring (bicyclic) bond motifs is 11. The van der Waals surface area contributed by atoms with Crippen LogP contribution in [0.4, 0.5) is 0 Å². The largest absolute Gasteiger partial charge is 0.469 e. The molecule has 2 aliphatic heterocycles. The van der Waals surface area contributed by atoms with Crippen LogP contribution >= 0.6 is 0 Å². The molecule has 3 aliphatic rings. The van der Waals surface area contributed by atoms with Gasteiger partial charge < -0.3 is 34.4 Å². The SMILES string of the molecule is C=Cc1c(C)c2cc3nc(cc4[nH]c(cc5nc(cc1[nH]2)C(C)=C5CCC(=O)NCCN(C)C)c(CCC(=O)OC)c4C)[C@@]1(C)C3=CC=C(C(=O)OC)[C@H]1C(=O)OC. The van der Waals surface area contributed by atoms with Crippen LogP contribution in [0.3, 0.4) is 0 Å². The van der Waals surface area contributed by atoms with Crippen LogP contribution in [-0.2, 0) is 45.2 Å². The summed E-state index contributed by atoms with van der Waals surface area (Å²) in [5.74, 6) is -2.73. The Labute approximate surface area is 338 Å². The number of amides is 1. The van der Waals surface area contributed by atoms with Crippen molar-refractivity contribution >= 4 is 68.7 Å². The smallest absolute Gasteiger partial charge is 0.334 e. The van der Waals surface area contributed by atoms with Crippen molar-refractivity contribution in [1.82, 2.24) is 30.2 Å². The molecule has 1 aliphatic carbocycles. The van der Waals surface area contributed by atoms with E-state index in [2.05, 4.69) is 21.9 Å². The van der Waals surface area contributed by atoms with Gasteiger partial charge >= 0.3 is 17.9 Å². The van der Waals surface area contributed by atoms with E-state index < -0.39 is 23.3 Å². The van der Waals surface area contributed by atoms with Crippen LogP contribution < -0.4 is 5.32 Å². The molecule has 0 fully saturated rings. The normalized spacial score (nSPS) is 17.3. The fourth-order valence-electron chi connectivity index (χ4n) is 8.20. The zero-order valence-electron chi connectivity index (χ0n) is 34.8. The van der Waals surface area contributed by atoms with Gasteiger partial charge in [0, 0.05) is 53.6 Å². The first-order valence-electron chi connectivity index (χ1n) is 19.3. The molecule has 13 nitrogen and oxygen atoms in total. The first-order valence-corrected chi connectivity index (χ1v) is 19.3. The molecule has 0 spiro atoms. The number of aryl methyl sites for hydroxylation is 3. The first-order chi connectivity index (χ1) is 27.7. The van der Waals surface area contributed by atoms with Crippen LogP contribution in [0.2, 0.25) is 0 Å². The number of esters is 3. The molecule has 0 saturated carbocycles. The fraction of sp³-hybridized carbons (Fsp3) is 0.378. The highest BCUT2D eigenvalue weighted by atomic mass is 16.5. The summed E-state index contributed by atoms with van der Waals surface area (Å²) in [6, 6.07) is 7.81. The number of likely N-dealkylation sites (N-methyl/N-ethyl adjacent to an activating group) is 1. The van der Waals surface area contributed by atoms with Gasteiger partial charge in [-0.05, 0) is 112 Å². The summed E-state index contributed by atoms with van der Waals surface area (Å²) in [6.45, 7) is 13.3. The van der Waals surface area contributed by atoms with Gasteiger partial charge in [-0.3, -0.25) is 19.4 Å². The number of nitrogens with one attached hydrogen (secondary N) is 3. The van der Waals surface area contributed by atoms with Gasteiger partial charge in [0.05, 0.1) is 55.1 Å². The third-order valence-electron chi connectivity index (χ3n) is 11.6. The maximum absolute atomic E-state index is 13.8. The zero-order chi connectivity index (χ0) is 42.1. The molecule has 5 heterocycles. The molecule has 13 heteroatoms. The maximum atomic E-state index is 13.8. The molecule has 3 N–H and O–H groups in total. The number of ether oxygens (including phenoxy) is 3. The number of H-pyrrole nitrogens is 2. The van der Waals surface area contributed by atoms with Crippen LogP contribution in [-0.4, -0.2) is 97.2 Å². The third-order valence-corrected chi connectivity index (χ3v) is 11.6. The minimum atomic E-state index is -1.16. The molecule has 3 aromatic rings. The lowest BCUT2D eigenvalue weighted by molar-refractivity contribution is -0.149. The third kappa shape index (κ3) is 7.66. The predicted molar refractivity (Wildman–Crippen MR) is 225 cm³/mol. The molecular formula is C45H52N6O7. The molecule has 6 rings (SSSR count). The lowest BCUT2D eigenvalue weighted by Gasteiger charge is -2.36. The summed E-state index contributed by atoms with van der Waals surface area (Å²) < 4.78 is 15.5. The predicted octanol–water partition coefficient (Wildman–Crippen LogP) is 6.31. The van der Waals surface area contributed by atoms with Crippen molar-refractivity contribution in [3.63, 3.8) is 0 Å². The quantitative estimate of drug-likeness (QED) is 0.140. The van der Waals surface area contributed by atoms with E-state index in [1.807, 2.05) is 77.0 Å². The van der Waals surface area contributed by atoms with Crippen LogP contribution in [0.1, 0.15) is 78.1 Å². The van der Waals surface area contributed by atoms with Crippen LogP contribution in [0.5, 0.6) is 0 Å². The van der Waals surface area contributed by atoms with Gasteiger partial charge in [-0.2, -0.15) is 0 Å². The highest BCUT2D eigenvalue weighted by molar-refractivity contribution is 6.02. The van der Waals surface area contributed by atoms with Gasteiger partial charge in [0.15, 0.2) is 0 Å². The standard InChI is InChI=1S/C45H52N6O7/c1-11-27-24(2)33-21-38-31-15-12-30(43(54)57-9)42(44(55)58-10)45(31,5)39(50-38)23-34-26(4)29(14-17-41(53)56-8)37(49-34)22-36-28(13-16-40(52)46-18-19-51(6)7)25(3)32(48-36)20-35(27)47-33/h11-12,15,20-23,42,47,49H,1,13-14,16-19H2,2-10H3,(H,46,52)/t42-,45+/m0/s1. The van der Waals surface area contributed by atoms with Crippen LogP contribution in [0.25, 0.3) is 44.9 Å². The van der Waals surface area contributed by atoms with Crippen molar-refractivity contribution in [2.45, 2.75) is 58.8 Å². The number of rotatable bonds is 12. The van der Waals surface area contributed by atoms with Gasteiger partial charge in [-0.1, -0.05) is 24.8 Å². The number of methoxy groups -OCH3 is 3. The number of allylic oxidation sites excluding steroid dienone is 5. The Morgan fingerprint density at radius 2 is 1.53 bits per heavy atom. The Balaban J connectivity index is 1.68. The number of hydrogen-bond donors (Lipinski definition) is 3. The Morgan fingerprint density at radius 3 is 2.21 bits per heavy atom. The highest BCUT2D eigenvalue weighted by Gasteiger charge is 2.53. The van der Waals surface area contributed by atoms with Crippen LogP contribution in [0, 0.1) is 19.8 Å². The monoisotopic (exact) mass is 788 g/mol. The summed E-state index contributed by atoms with van der Waals surface area (Å²) >= 11 is 0. The molecule has 0 saturated heterocycles. The van der Waals surface area contributed by atoms with E-state index in [-0.39, 0.29) is 30.3 Å². The summed E-state index contributed by atoms with van der Waals surface area (Å²) in [5, 5.41) is 3.02. The van der Waals surface area contributed by atoms with E-state index in [4.69, 9.17) is 24.2 Å². The number of aromatic amines is 2. The van der Waals surface area contributed by atoms with Crippen molar-refractivity contribution in [1.29, 1.82) is 0 Å². The number of nitrogens with zero attached hydrogens (tertiary/aromatic N) is 3.